The van der Waals surface area contributed by atoms with Crippen LogP contribution in [0.4, 0.5) is 17.1 Å². The molecule has 30 heavy (non-hydrogen) atoms. The summed E-state index contributed by atoms with van der Waals surface area (Å²) in [5.41, 5.74) is 4.37. The molecule has 2 heterocycles. The Hall–Kier alpha value is -3.61. The first-order valence-corrected chi connectivity index (χ1v) is 10.2. The van der Waals surface area contributed by atoms with E-state index in [0.29, 0.717) is 24.2 Å². The lowest BCUT2D eigenvalue weighted by Gasteiger charge is -2.17. The number of hydrogen-bond acceptors (Lipinski definition) is 4. The smallest absolute Gasteiger partial charge is 0.255 e. The summed E-state index contributed by atoms with van der Waals surface area (Å²) in [6, 6.07) is 13.0. The maximum Gasteiger partial charge on any atom is 0.255 e. The number of carbonyl (C=O) groups is 2. The number of aromatic nitrogens is 2. The highest BCUT2D eigenvalue weighted by Gasteiger charge is 2.18. The Bertz CT molecular complexity index is 1050. The normalized spacial score (nSPS) is 12.5. The molecule has 0 saturated carbocycles. The highest BCUT2D eigenvalue weighted by atomic mass is 16.2. The van der Waals surface area contributed by atoms with E-state index >= 15 is 0 Å². The fraction of sp³-hybridized carbons (Fsp3) is 0.261. The van der Waals surface area contributed by atoms with E-state index in [1.54, 1.807) is 36.8 Å². The predicted octanol–water partition coefficient (Wildman–Crippen LogP) is 3.55. The molecule has 0 unspecified atom stereocenters. The van der Waals surface area contributed by atoms with Gasteiger partial charge in [-0.2, -0.15) is 0 Å². The molecule has 4 rings (SSSR count). The average molecular weight is 403 g/mol. The van der Waals surface area contributed by atoms with Gasteiger partial charge in [0.25, 0.3) is 5.91 Å². The second-order valence-corrected chi connectivity index (χ2v) is 7.31. The predicted molar refractivity (Wildman–Crippen MR) is 118 cm³/mol. The summed E-state index contributed by atoms with van der Waals surface area (Å²) < 4.78 is 1.85. The Kier molecular flexibility index (Phi) is 5.79. The molecule has 0 bridgehead atoms. The van der Waals surface area contributed by atoms with Crippen molar-refractivity contribution in [2.45, 2.75) is 26.3 Å². The van der Waals surface area contributed by atoms with Crippen molar-refractivity contribution >= 4 is 28.9 Å². The summed E-state index contributed by atoms with van der Waals surface area (Å²) in [5.74, 6) is -0.315. The molecule has 154 valence electrons. The van der Waals surface area contributed by atoms with E-state index in [0.717, 1.165) is 25.2 Å². The molecule has 0 spiro atoms. The van der Waals surface area contributed by atoms with Crippen LogP contribution in [0.25, 0.3) is 0 Å². The molecule has 1 aliphatic rings. The van der Waals surface area contributed by atoms with E-state index in [1.165, 1.54) is 11.3 Å². The summed E-state index contributed by atoms with van der Waals surface area (Å²) in [7, 11) is 0. The summed E-state index contributed by atoms with van der Waals surface area (Å²) in [5, 5.41) is 5.82. The number of imidazole rings is 1. The zero-order valence-electron chi connectivity index (χ0n) is 17.0. The first-order valence-electron chi connectivity index (χ1n) is 10.2. The first-order chi connectivity index (χ1) is 14.6. The molecular formula is C23H25N5O2. The topological polar surface area (TPSA) is 79.3 Å². The minimum absolute atomic E-state index is 0.112. The quantitative estimate of drug-likeness (QED) is 0.632. The van der Waals surface area contributed by atoms with Crippen molar-refractivity contribution in [3.05, 3.63) is 72.3 Å². The largest absolute Gasteiger partial charge is 0.371 e. The van der Waals surface area contributed by atoms with E-state index in [4.69, 9.17) is 0 Å². The molecule has 0 saturated heterocycles. The van der Waals surface area contributed by atoms with E-state index in [9.17, 15) is 9.59 Å². The lowest BCUT2D eigenvalue weighted by Crippen LogP contribution is -2.19. The Morgan fingerprint density at radius 2 is 1.97 bits per heavy atom. The van der Waals surface area contributed by atoms with Gasteiger partial charge in [-0.05, 0) is 49.2 Å². The lowest BCUT2D eigenvalue weighted by atomic mass is 10.1. The van der Waals surface area contributed by atoms with Gasteiger partial charge in [0.1, 0.15) is 0 Å². The molecule has 1 aromatic heterocycles. The standard InChI is InChI=1S/C23H25N5O2/c1-2-28-12-8-17-6-7-20(15-21(17)28)26-23(30)18-4-3-5-19(14-18)25-22(29)9-11-27-13-10-24-16-27/h3-7,10,13-16H,2,8-9,11-12H2,1H3,(H,25,29)(H,26,30). The minimum atomic E-state index is -0.203. The van der Waals surface area contributed by atoms with E-state index < -0.39 is 0 Å². The first kappa shape index (κ1) is 19.7. The van der Waals surface area contributed by atoms with E-state index in [1.807, 2.05) is 22.9 Å². The van der Waals surface area contributed by atoms with Gasteiger partial charge < -0.3 is 20.1 Å². The third kappa shape index (κ3) is 4.51. The number of hydrogen-bond donors (Lipinski definition) is 2. The maximum atomic E-state index is 12.7. The molecule has 2 N–H and O–H groups in total. The molecule has 0 atom stereocenters. The van der Waals surface area contributed by atoms with Crippen LogP contribution in [0.15, 0.2) is 61.2 Å². The zero-order chi connectivity index (χ0) is 20.9. The molecule has 0 fully saturated rings. The van der Waals surface area contributed by atoms with Gasteiger partial charge in [0.2, 0.25) is 5.91 Å². The van der Waals surface area contributed by atoms with Crippen LogP contribution in [0, 0.1) is 0 Å². The van der Waals surface area contributed by atoms with Crippen molar-refractivity contribution < 1.29 is 9.59 Å². The van der Waals surface area contributed by atoms with Crippen molar-refractivity contribution in [2.24, 2.45) is 0 Å². The number of anilines is 3. The van der Waals surface area contributed by atoms with Crippen molar-refractivity contribution in [3.8, 4) is 0 Å². The van der Waals surface area contributed by atoms with Crippen molar-refractivity contribution in [1.29, 1.82) is 0 Å². The van der Waals surface area contributed by atoms with Crippen molar-refractivity contribution in [2.75, 3.05) is 28.6 Å². The zero-order valence-corrected chi connectivity index (χ0v) is 17.0. The number of fused-ring (bicyclic) bond motifs is 1. The number of nitrogens with zero attached hydrogens (tertiary/aromatic N) is 3. The highest BCUT2D eigenvalue weighted by Crippen LogP contribution is 2.30. The van der Waals surface area contributed by atoms with Crippen LogP contribution in [0.3, 0.4) is 0 Å². The average Bonchev–Trinajstić information content (AvgIpc) is 3.42. The molecule has 3 aromatic rings. The molecule has 2 aromatic carbocycles. The van der Waals surface area contributed by atoms with Crippen LogP contribution >= 0.6 is 0 Å². The molecule has 1 aliphatic heterocycles. The van der Waals surface area contributed by atoms with Gasteiger partial charge in [0, 0.05) is 61.1 Å². The molecule has 0 radical (unpaired) electrons. The van der Waals surface area contributed by atoms with Gasteiger partial charge in [-0.15, -0.1) is 0 Å². The van der Waals surface area contributed by atoms with Crippen LogP contribution in [0.2, 0.25) is 0 Å². The van der Waals surface area contributed by atoms with Crippen LogP contribution in [0.5, 0.6) is 0 Å². The van der Waals surface area contributed by atoms with Crippen LogP contribution in [-0.4, -0.2) is 34.5 Å². The number of aryl methyl sites for hydroxylation is 1. The molecule has 7 heteroatoms. The second-order valence-electron chi connectivity index (χ2n) is 7.31. The molecule has 2 amide bonds. The van der Waals surface area contributed by atoms with E-state index in [2.05, 4.69) is 33.5 Å². The summed E-state index contributed by atoms with van der Waals surface area (Å²) in [6.07, 6.45) is 6.55. The van der Waals surface area contributed by atoms with E-state index in [-0.39, 0.29) is 11.8 Å². The number of nitrogens with one attached hydrogen (secondary N) is 2. The summed E-state index contributed by atoms with van der Waals surface area (Å²) in [4.78, 5) is 31.2. The van der Waals surface area contributed by atoms with Crippen LogP contribution in [-0.2, 0) is 17.8 Å². The number of amides is 2. The van der Waals surface area contributed by atoms with Gasteiger partial charge >= 0.3 is 0 Å². The lowest BCUT2D eigenvalue weighted by molar-refractivity contribution is -0.116. The van der Waals surface area contributed by atoms with Crippen LogP contribution in [0.1, 0.15) is 29.3 Å². The Labute approximate surface area is 175 Å². The van der Waals surface area contributed by atoms with Gasteiger partial charge in [-0.25, -0.2) is 4.98 Å². The summed E-state index contributed by atoms with van der Waals surface area (Å²) in [6.45, 7) is 4.66. The van der Waals surface area contributed by atoms with Crippen molar-refractivity contribution in [1.82, 2.24) is 9.55 Å². The van der Waals surface area contributed by atoms with Crippen molar-refractivity contribution in [3.63, 3.8) is 0 Å². The van der Waals surface area contributed by atoms with Gasteiger partial charge in [-0.3, -0.25) is 9.59 Å². The van der Waals surface area contributed by atoms with Gasteiger partial charge in [0.05, 0.1) is 6.33 Å². The number of carbonyl (C=O) groups excluding carboxylic acids is 2. The highest BCUT2D eigenvalue weighted by molar-refractivity contribution is 6.05. The summed E-state index contributed by atoms with van der Waals surface area (Å²) >= 11 is 0. The third-order valence-corrected chi connectivity index (χ3v) is 5.28. The number of rotatable bonds is 7. The molecular weight excluding hydrogens is 378 g/mol. The number of likely N-dealkylation sites (N-methyl/N-ethyl adjacent to an activating group) is 1. The minimum Gasteiger partial charge on any atom is -0.371 e. The number of benzene rings is 2. The third-order valence-electron chi connectivity index (χ3n) is 5.28. The Balaban J connectivity index is 1.38. The van der Waals surface area contributed by atoms with Crippen LogP contribution < -0.4 is 15.5 Å². The Morgan fingerprint density at radius 1 is 1.10 bits per heavy atom. The second kappa shape index (κ2) is 8.82. The fourth-order valence-electron chi connectivity index (χ4n) is 3.67. The SMILES string of the molecule is CCN1CCc2ccc(NC(=O)c3cccc(NC(=O)CCn4ccnc4)c3)cc21. The Morgan fingerprint density at radius 3 is 2.77 bits per heavy atom. The van der Waals surface area contributed by atoms with Gasteiger partial charge in [-0.1, -0.05) is 12.1 Å². The fourth-order valence-corrected chi connectivity index (χ4v) is 3.67. The molecule has 0 aliphatic carbocycles. The van der Waals surface area contributed by atoms with Gasteiger partial charge in [0.15, 0.2) is 0 Å². The monoisotopic (exact) mass is 403 g/mol. The molecule has 7 nitrogen and oxygen atoms in total. The maximum absolute atomic E-state index is 12.7.